The van der Waals surface area contributed by atoms with Crippen molar-refractivity contribution in [2.75, 3.05) is 13.1 Å². The molecule has 1 aliphatic rings. The first-order valence-electron chi connectivity index (χ1n) is 3.48. The zero-order valence-electron chi connectivity index (χ0n) is 6.13. The van der Waals surface area contributed by atoms with Crippen LogP contribution in [0.25, 0.3) is 11.1 Å². The van der Waals surface area contributed by atoms with E-state index in [-0.39, 0.29) is 0 Å². The summed E-state index contributed by atoms with van der Waals surface area (Å²) in [7, 11) is 9.75. The second kappa shape index (κ2) is 9.28. The molecule has 0 aromatic heterocycles. The van der Waals surface area contributed by atoms with E-state index >= 15 is 0 Å². The van der Waals surface area contributed by atoms with Gasteiger partial charge in [-0.2, -0.15) is 12.6 Å². The zero-order chi connectivity index (χ0) is 8.53. The Morgan fingerprint density at radius 1 is 1.45 bits per heavy atom. The van der Waals surface area contributed by atoms with Crippen molar-refractivity contribution < 1.29 is 16.5 Å². The molecular weight excluding hydrogens is 366 g/mol. The van der Waals surface area contributed by atoms with Gasteiger partial charge in [-0.25, -0.2) is 0 Å². The van der Waals surface area contributed by atoms with Gasteiger partial charge in [0.05, 0.1) is 0 Å². The Hall–Kier alpha value is 1.19. The molecule has 0 spiro atoms. The molecule has 1 fully saturated rings. The molecule has 0 saturated carbocycles. The van der Waals surface area contributed by atoms with Crippen molar-refractivity contribution in [3.05, 3.63) is 11.1 Å². The molecule has 1 atom stereocenters. The van der Waals surface area contributed by atoms with Gasteiger partial charge in [0.2, 0.25) is 0 Å². The van der Waals surface area contributed by atoms with Crippen LogP contribution in [0.15, 0.2) is 0 Å². The summed E-state index contributed by atoms with van der Waals surface area (Å²) in [6.45, 7) is 1.50. The maximum absolute atomic E-state index is 7.00. The molecule has 1 N–H and O–H groups in total. The molecule has 0 amide bonds. The minimum atomic E-state index is -0.472. The Balaban J connectivity index is 0.000000292. The van der Waals surface area contributed by atoms with E-state index in [1.54, 1.807) is 0 Å². The van der Waals surface area contributed by atoms with E-state index in [0.717, 1.165) is 13.0 Å². The van der Waals surface area contributed by atoms with Crippen LogP contribution in [0.4, 0.5) is 0 Å². The third kappa shape index (κ3) is 7.55. The van der Waals surface area contributed by atoms with Crippen molar-refractivity contribution in [3.63, 3.8) is 0 Å². The molecule has 0 aliphatic carbocycles. The number of hydrogen-bond donors (Lipinski definition) is 0. The Kier molecular flexibility index (Phi) is 10.3. The Labute approximate surface area is 84.6 Å². The molecule has 1 aliphatic heterocycles. The molecule has 70 valence electrons. The number of hydrogen-bond acceptors (Lipinski definition) is 0. The molecule has 11 heavy (non-hydrogen) atoms. The monoisotopic (exact) mass is 377 g/mol. The van der Waals surface area contributed by atoms with Gasteiger partial charge in [0, 0.05) is 0 Å². The van der Waals surface area contributed by atoms with Gasteiger partial charge in [-0.3, -0.25) is 0 Å². The predicted molar refractivity (Wildman–Crippen MR) is 46.8 cm³/mol. The summed E-state index contributed by atoms with van der Waals surface area (Å²) in [6.07, 6.45) is 3.69. The van der Waals surface area contributed by atoms with Crippen LogP contribution in [0.2, 0.25) is 0 Å². The molecule has 1 rings (SSSR count). The van der Waals surface area contributed by atoms with E-state index < -0.39 is 16.5 Å². The van der Waals surface area contributed by atoms with Gasteiger partial charge in [0.1, 0.15) is 0 Å². The third-order valence-corrected chi connectivity index (χ3v) is 1.57. The van der Waals surface area contributed by atoms with Crippen molar-refractivity contribution >= 4 is 18.8 Å². The van der Waals surface area contributed by atoms with Gasteiger partial charge in [-0.1, -0.05) is 19.3 Å². The van der Waals surface area contributed by atoms with Gasteiger partial charge in [0.25, 0.3) is 0 Å². The van der Waals surface area contributed by atoms with Crippen LogP contribution in [0.3, 0.4) is 0 Å². The van der Waals surface area contributed by atoms with Crippen LogP contribution >= 0.6 is 18.8 Å². The molecule has 0 radical (unpaired) electrons. The van der Waals surface area contributed by atoms with Gasteiger partial charge in [-0.15, -0.1) is 6.54 Å². The summed E-state index contributed by atoms with van der Waals surface area (Å²) in [6, 6.07) is 0.378. The van der Waals surface area contributed by atoms with Crippen molar-refractivity contribution in [1.29, 1.82) is 0 Å². The summed E-state index contributed by atoms with van der Waals surface area (Å²) < 4.78 is 0. The van der Waals surface area contributed by atoms with Crippen LogP contribution in [-0.2, 0) is 16.5 Å². The van der Waals surface area contributed by atoms with E-state index in [4.69, 9.17) is 24.6 Å². The molecule has 1 saturated heterocycles. The van der Waals surface area contributed by atoms with E-state index in [2.05, 4.69) is 5.32 Å². The Bertz CT molecular complexity index is 79.0. The summed E-state index contributed by atoms with van der Waals surface area (Å²) in [5.74, 6) is 0. The number of piperidine rings is 1. The molecule has 1 heterocycles. The van der Waals surface area contributed by atoms with Crippen molar-refractivity contribution in [1.82, 2.24) is 0 Å². The molecule has 2 nitrogen and oxygen atoms in total. The average molecular weight is 378 g/mol. The second-order valence-corrected chi connectivity index (χ2v) is 5.59. The number of nitrogens with zero attached hydrogens (tertiary/aromatic N) is 1. The van der Waals surface area contributed by atoms with Gasteiger partial charge in [-0.05, 0) is 0 Å². The van der Waals surface area contributed by atoms with Crippen molar-refractivity contribution in [2.45, 2.75) is 25.3 Å². The first-order chi connectivity index (χ1) is 5.35. The normalized spacial score (nSPS) is 24.1. The second-order valence-electron chi connectivity index (χ2n) is 2.31. The summed E-state index contributed by atoms with van der Waals surface area (Å²) in [5.41, 5.74) is 7.00. The van der Waals surface area contributed by atoms with E-state index in [1.165, 1.54) is 12.8 Å². The minimum Gasteiger partial charge on any atom is -0.679 e. The van der Waals surface area contributed by atoms with Gasteiger partial charge >= 0.3 is 35.3 Å². The van der Waals surface area contributed by atoms with Crippen molar-refractivity contribution in [2.24, 2.45) is 0 Å². The summed E-state index contributed by atoms with van der Waals surface area (Å²) >= 11 is -0.472. The molecule has 0 aromatic carbocycles. The van der Waals surface area contributed by atoms with Crippen LogP contribution in [0.5, 0.6) is 0 Å². The standard InChI is InChI=1S/C6H12N2.2ClH.Pt/c7-5-6-3-1-2-4-8-6;;;/h6-7H,1-5H2;2*1H;/q-2;;;+4/p-2. The van der Waals surface area contributed by atoms with Crippen LogP contribution in [0, 0.1) is 0 Å². The average Bonchev–Trinajstić information content (AvgIpc) is 2.08. The van der Waals surface area contributed by atoms with E-state index in [9.17, 15) is 0 Å². The molecule has 0 bridgehead atoms. The molecular formula is C6H12Cl2N2Pt. The number of nitrogens with one attached hydrogen (secondary N) is 1. The van der Waals surface area contributed by atoms with Crippen molar-refractivity contribution in [3.8, 4) is 0 Å². The fourth-order valence-electron chi connectivity index (χ4n) is 1.02. The van der Waals surface area contributed by atoms with Crippen LogP contribution in [0.1, 0.15) is 19.3 Å². The van der Waals surface area contributed by atoms with Gasteiger partial charge in [0.15, 0.2) is 0 Å². The quantitative estimate of drug-likeness (QED) is 0.672. The van der Waals surface area contributed by atoms with Gasteiger partial charge < -0.3 is 11.1 Å². The van der Waals surface area contributed by atoms with Crippen LogP contribution < -0.4 is 0 Å². The Morgan fingerprint density at radius 2 is 2.09 bits per heavy atom. The predicted octanol–water partition coefficient (Wildman–Crippen LogP) is 3.34. The topological polar surface area (TPSA) is 37.9 Å². The first kappa shape index (κ1) is 12.2. The van der Waals surface area contributed by atoms with E-state index in [0.29, 0.717) is 12.6 Å². The molecule has 1 unspecified atom stereocenters. The first-order valence-corrected chi connectivity index (χ1v) is 9.11. The fourth-order valence-corrected chi connectivity index (χ4v) is 1.02. The number of rotatable bonds is 1. The summed E-state index contributed by atoms with van der Waals surface area (Å²) in [4.78, 5) is 0. The molecule has 5 heteroatoms. The zero-order valence-corrected chi connectivity index (χ0v) is 9.92. The third-order valence-electron chi connectivity index (χ3n) is 1.57. The fraction of sp³-hybridized carbons (Fsp3) is 1.00. The number of halogens is 2. The SMILES string of the molecule is [Cl][Pt+2][Cl].[NH-]CC1CCCC[N-]1. The Morgan fingerprint density at radius 3 is 2.36 bits per heavy atom. The maximum atomic E-state index is 7.00. The minimum absolute atomic E-state index is 0.378. The summed E-state index contributed by atoms with van der Waals surface area (Å²) in [5, 5.41) is 4.26. The molecule has 0 aromatic rings. The largest absolute Gasteiger partial charge is 0.679 e. The van der Waals surface area contributed by atoms with Crippen LogP contribution in [-0.4, -0.2) is 19.1 Å². The maximum Gasteiger partial charge on any atom is -0.0564 e. The smallest absolute Gasteiger partial charge is 0.0564 e. The van der Waals surface area contributed by atoms with E-state index in [1.807, 2.05) is 0 Å².